The average molecular weight is 297 g/mol. The zero-order valence-corrected chi connectivity index (χ0v) is 13.2. The predicted octanol–water partition coefficient (Wildman–Crippen LogP) is 1.18. The molecule has 3 N–H and O–H groups in total. The summed E-state index contributed by atoms with van der Waals surface area (Å²) in [5.41, 5.74) is 5.84. The van der Waals surface area contributed by atoms with Gasteiger partial charge in [0, 0.05) is 26.7 Å². The second-order valence-electron chi connectivity index (χ2n) is 5.37. The molecule has 1 aromatic rings. The van der Waals surface area contributed by atoms with Crippen LogP contribution in [0.4, 0.5) is 10.9 Å². The van der Waals surface area contributed by atoms with E-state index in [1.807, 2.05) is 14.0 Å². The highest BCUT2D eigenvalue weighted by atomic mass is 32.1. The van der Waals surface area contributed by atoms with Gasteiger partial charge in [-0.15, -0.1) is 0 Å². The normalized spacial score (nSPS) is 19.2. The Balaban J connectivity index is 1.99. The first-order chi connectivity index (χ1) is 9.51. The Morgan fingerprint density at radius 3 is 3.00 bits per heavy atom. The van der Waals surface area contributed by atoms with Crippen LogP contribution in [-0.4, -0.2) is 61.0 Å². The fourth-order valence-corrected chi connectivity index (χ4v) is 3.48. The van der Waals surface area contributed by atoms with Gasteiger partial charge in [0.15, 0.2) is 5.13 Å². The molecule has 1 fully saturated rings. The highest BCUT2D eigenvalue weighted by Crippen LogP contribution is 2.26. The van der Waals surface area contributed by atoms with E-state index in [-0.39, 0.29) is 5.91 Å². The van der Waals surface area contributed by atoms with Gasteiger partial charge in [-0.05, 0) is 32.9 Å². The van der Waals surface area contributed by atoms with Crippen molar-refractivity contribution in [1.29, 1.82) is 0 Å². The van der Waals surface area contributed by atoms with Crippen LogP contribution in [0.3, 0.4) is 0 Å². The van der Waals surface area contributed by atoms with Crippen LogP contribution in [0, 0.1) is 5.92 Å². The van der Waals surface area contributed by atoms with E-state index in [9.17, 15) is 4.79 Å². The van der Waals surface area contributed by atoms with Gasteiger partial charge in [-0.2, -0.15) is 0 Å². The van der Waals surface area contributed by atoms with Crippen molar-refractivity contribution in [1.82, 2.24) is 14.8 Å². The van der Waals surface area contributed by atoms with Crippen LogP contribution in [-0.2, 0) is 0 Å². The van der Waals surface area contributed by atoms with Crippen molar-refractivity contribution in [2.24, 2.45) is 5.92 Å². The molecule has 1 amide bonds. The molecule has 7 heteroatoms. The molecule has 2 heterocycles. The van der Waals surface area contributed by atoms with Gasteiger partial charge in [0.1, 0.15) is 10.7 Å². The first-order valence-corrected chi connectivity index (χ1v) is 7.77. The summed E-state index contributed by atoms with van der Waals surface area (Å²) < 4.78 is 0. The Morgan fingerprint density at radius 1 is 1.65 bits per heavy atom. The third-order valence-corrected chi connectivity index (χ3v) is 4.56. The molecular formula is C13H23N5OS. The summed E-state index contributed by atoms with van der Waals surface area (Å²) in [5, 5.41) is 3.80. The average Bonchev–Trinajstić information content (AvgIpc) is 2.95. The van der Waals surface area contributed by atoms with Crippen molar-refractivity contribution in [2.75, 3.05) is 51.3 Å². The van der Waals surface area contributed by atoms with Crippen molar-refractivity contribution < 1.29 is 4.79 Å². The maximum atomic E-state index is 12.4. The predicted molar refractivity (Wildman–Crippen MR) is 83.3 cm³/mol. The van der Waals surface area contributed by atoms with Crippen LogP contribution < -0.4 is 11.1 Å². The van der Waals surface area contributed by atoms with E-state index in [0.717, 1.165) is 32.6 Å². The summed E-state index contributed by atoms with van der Waals surface area (Å²) in [6.45, 7) is 5.70. The molecule has 2 rings (SSSR count). The second-order valence-corrected chi connectivity index (χ2v) is 6.37. The van der Waals surface area contributed by atoms with Gasteiger partial charge in [0.25, 0.3) is 5.91 Å². The standard InChI is InChI=1S/C13H23N5OS/c1-4-15-13-16-11(14)10(20-13)12(19)18(3)8-9-5-6-17(2)7-9/h9H,4-8,14H2,1-3H3,(H,15,16). The lowest BCUT2D eigenvalue weighted by Crippen LogP contribution is -2.32. The van der Waals surface area contributed by atoms with Crippen LogP contribution in [0.5, 0.6) is 0 Å². The van der Waals surface area contributed by atoms with Crippen molar-refractivity contribution in [3.05, 3.63) is 4.88 Å². The summed E-state index contributed by atoms with van der Waals surface area (Å²) in [6, 6.07) is 0. The largest absolute Gasteiger partial charge is 0.382 e. The van der Waals surface area contributed by atoms with E-state index in [2.05, 4.69) is 22.2 Å². The molecule has 0 saturated carbocycles. The number of carbonyl (C=O) groups excluding carboxylic acids is 1. The van der Waals surface area contributed by atoms with E-state index in [1.165, 1.54) is 11.3 Å². The van der Waals surface area contributed by atoms with E-state index >= 15 is 0 Å². The van der Waals surface area contributed by atoms with Crippen molar-refractivity contribution in [3.8, 4) is 0 Å². The Morgan fingerprint density at radius 2 is 2.40 bits per heavy atom. The lowest BCUT2D eigenvalue weighted by molar-refractivity contribution is 0.0779. The van der Waals surface area contributed by atoms with E-state index in [1.54, 1.807) is 4.90 Å². The smallest absolute Gasteiger partial charge is 0.267 e. The molecule has 112 valence electrons. The van der Waals surface area contributed by atoms with Gasteiger partial charge in [-0.1, -0.05) is 11.3 Å². The lowest BCUT2D eigenvalue weighted by atomic mass is 10.1. The fraction of sp³-hybridized carbons (Fsp3) is 0.692. The number of carbonyl (C=O) groups is 1. The number of amides is 1. The number of likely N-dealkylation sites (tertiary alicyclic amines) is 1. The number of nitrogens with zero attached hydrogens (tertiary/aromatic N) is 3. The van der Waals surface area contributed by atoms with Crippen molar-refractivity contribution in [2.45, 2.75) is 13.3 Å². The molecule has 1 aliphatic rings. The summed E-state index contributed by atoms with van der Waals surface area (Å²) in [6.07, 6.45) is 1.15. The van der Waals surface area contributed by atoms with Crippen LogP contribution in [0.25, 0.3) is 0 Å². The highest BCUT2D eigenvalue weighted by Gasteiger charge is 2.25. The summed E-state index contributed by atoms with van der Waals surface area (Å²) >= 11 is 1.33. The molecule has 0 bridgehead atoms. The van der Waals surface area contributed by atoms with Gasteiger partial charge >= 0.3 is 0 Å². The molecule has 0 aromatic carbocycles. The Bertz CT molecular complexity index is 475. The van der Waals surface area contributed by atoms with E-state index < -0.39 is 0 Å². The molecule has 6 nitrogen and oxygen atoms in total. The highest BCUT2D eigenvalue weighted by molar-refractivity contribution is 7.18. The zero-order chi connectivity index (χ0) is 14.7. The lowest BCUT2D eigenvalue weighted by Gasteiger charge is -2.20. The summed E-state index contributed by atoms with van der Waals surface area (Å²) in [5.74, 6) is 0.848. The minimum Gasteiger partial charge on any atom is -0.382 e. The first kappa shape index (κ1) is 15.1. The Kier molecular flexibility index (Phi) is 4.82. The van der Waals surface area contributed by atoms with Crippen molar-refractivity contribution >= 4 is 28.2 Å². The first-order valence-electron chi connectivity index (χ1n) is 6.95. The number of nitrogens with one attached hydrogen (secondary N) is 1. The number of aromatic nitrogens is 1. The molecule has 1 aromatic heterocycles. The minimum absolute atomic E-state index is 0.0290. The number of rotatable bonds is 5. The van der Waals surface area contributed by atoms with Gasteiger partial charge in [-0.25, -0.2) is 4.98 Å². The molecule has 0 radical (unpaired) electrons. The molecule has 0 aliphatic carbocycles. The monoisotopic (exact) mass is 297 g/mol. The molecule has 1 aliphatic heterocycles. The number of anilines is 2. The second kappa shape index (κ2) is 6.41. The van der Waals surface area contributed by atoms with Crippen molar-refractivity contribution in [3.63, 3.8) is 0 Å². The third kappa shape index (κ3) is 3.40. The van der Waals surface area contributed by atoms with Gasteiger partial charge in [-0.3, -0.25) is 4.79 Å². The van der Waals surface area contributed by atoms with Crippen LogP contribution in [0.2, 0.25) is 0 Å². The molecule has 1 atom stereocenters. The number of hydrogen-bond acceptors (Lipinski definition) is 6. The topological polar surface area (TPSA) is 74.5 Å². The molecule has 20 heavy (non-hydrogen) atoms. The number of nitrogen functional groups attached to an aromatic ring is 1. The minimum atomic E-state index is -0.0290. The Hall–Kier alpha value is -1.34. The SMILES string of the molecule is CCNc1nc(N)c(C(=O)N(C)CC2CCN(C)C2)s1. The molecular weight excluding hydrogens is 274 g/mol. The number of nitrogens with two attached hydrogens (primary N) is 1. The maximum absolute atomic E-state index is 12.4. The summed E-state index contributed by atoms with van der Waals surface area (Å²) in [7, 11) is 3.96. The summed E-state index contributed by atoms with van der Waals surface area (Å²) in [4.78, 5) is 21.2. The van der Waals surface area contributed by atoms with Gasteiger partial charge < -0.3 is 20.9 Å². The Labute approximate surface area is 124 Å². The zero-order valence-electron chi connectivity index (χ0n) is 12.3. The number of hydrogen-bond donors (Lipinski definition) is 2. The molecule has 0 spiro atoms. The third-order valence-electron chi connectivity index (χ3n) is 3.54. The maximum Gasteiger partial charge on any atom is 0.267 e. The van der Waals surface area contributed by atoms with E-state index in [0.29, 0.717) is 21.7 Å². The quantitative estimate of drug-likeness (QED) is 0.853. The van der Waals surface area contributed by atoms with E-state index in [4.69, 9.17) is 5.73 Å². The molecule has 1 unspecified atom stereocenters. The van der Waals surface area contributed by atoms with Crippen LogP contribution in [0.1, 0.15) is 23.0 Å². The molecule has 1 saturated heterocycles. The van der Waals surface area contributed by atoms with Gasteiger partial charge in [0.2, 0.25) is 0 Å². The number of thiazole rings is 1. The van der Waals surface area contributed by atoms with Crippen LogP contribution in [0.15, 0.2) is 0 Å². The van der Waals surface area contributed by atoms with Gasteiger partial charge in [0.05, 0.1) is 0 Å². The fourth-order valence-electron chi connectivity index (χ4n) is 2.53. The van der Waals surface area contributed by atoms with Crippen LogP contribution >= 0.6 is 11.3 Å².